The number of hydrogen-bond donors (Lipinski definition) is 2. The Kier molecular flexibility index (Phi) is 7.31. The van der Waals surface area contributed by atoms with Crippen LogP contribution in [0.4, 0.5) is 0 Å². The molecule has 1 aromatic carbocycles. The maximum Gasteiger partial charge on any atom is 0.240 e. The van der Waals surface area contributed by atoms with Crippen molar-refractivity contribution < 1.29 is 13.2 Å². The van der Waals surface area contributed by atoms with Crippen molar-refractivity contribution in [2.24, 2.45) is 0 Å². The number of nitrogens with one attached hydrogen (secondary N) is 2. The third-order valence-corrected chi connectivity index (χ3v) is 4.67. The zero-order chi connectivity index (χ0) is 15.9. The van der Waals surface area contributed by atoms with Crippen LogP contribution >= 0.6 is 0 Å². The molecule has 0 spiro atoms. The fourth-order valence-electron chi connectivity index (χ4n) is 2.12. The minimum Gasteiger partial charge on any atom is -0.377 e. The second-order valence-corrected chi connectivity index (χ2v) is 6.70. The van der Waals surface area contributed by atoms with Crippen LogP contribution in [0.3, 0.4) is 0 Å². The highest BCUT2D eigenvalue weighted by Gasteiger charge is 2.16. The van der Waals surface area contributed by atoms with Gasteiger partial charge in [-0.1, -0.05) is 13.0 Å². The molecule has 0 radical (unpaired) electrons. The number of aryl methyl sites for hydroxylation is 1. The van der Waals surface area contributed by atoms with Crippen LogP contribution in [0.15, 0.2) is 23.1 Å². The molecule has 1 aromatic rings. The molecular weight excluding hydrogens is 288 g/mol. The number of rotatable bonds is 9. The first-order chi connectivity index (χ1) is 9.94. The fourth-order valence-corrected chi connectivity index (χ4v) is 3.29. The molecule has 0 aliphatic heterocycles. The zero-order valence-corrected chi connectivity index (χ0v) is 14.1. The molecule has 120 valence electrons. The van der Waals surface area contributed by atoms with Gasteiger partial charge in [0.2, 0.25) is 10.0 Å². The summed E-state index contributed by atoms with van der Waals surface area (Å²) < 4.78 is 32.5. The molecule has 1 rings (SSSR count). The van der Waals surface area contributed by atoms with Gasteiger partial charge < -0.3 is 10.1 Å². The van der Waals surface area contributed by atoms with E-state index in [1.165, 1.54) is 0 Å². The van der Waals surface area contributed by atoms with Gasteiger partial charge in [0.25, 0.3) is 0 Å². The van der Waals surface area contributed by atoms with E-state index in [-0.39, 0.29) is 12.6 Å². The molecule has 1 unspecified atom stereocenters. The van der Waals surface area contributed by atoms with E-state index in [1.54, 1.807) is 12.1 Å². The Morgan fingerprint density at radius 3 is 2.52 bits per heavy atom. The van der Waals surface area contributed by atoms with Gasteiger partial charge in [-0.15, -0.1) is 0 Å². The molecule has 1 atom stereocenters. The molecule has 21 heavy (non-hydrogen) atoms. The van der Waals surface area contributed by atoms with Gasteiger partial charge in [0, 0.05) is 19.7 Å². The van der Waals surface area contributed by atoms with E-state index in [9.17, 15) is 8.42 Å². The summed E-state index contributed by atoms with van der Waals surface area (Å²) in [6.07, 6.45) is 0.739. The van der Waals surface area contributed by atoms with Gasteiger partial charge in [0.1, 0.15) is 0 Å². The minimum atomic E-state index is -3.50. The molecule has 5 nitrogen and oxygen atoms in total. The zero-order valence-electron chi connectivity index (χ0n) is 13.3. The molecular formula is C15H26N2O3S. The summed E-state index contributed by atoms with van der Waals surface area (Å²) in [5.74, 6) is 0. The van der Waals surface area contributed by atoms with E-state index < -0.39 is 10.0 Å². The summed E-state index contributed by atoms with van der Waals surface area (Å²) in [6, 6.07) is 5.28. The molecule has 0 heterocycles. The summed E-state index contributed by atoms with van der Waals surface area (Å²) >= 11 is 0. The summed E-state index contributed by atoms with van der Waals surface area (Å²) in [5, 5.41) is 3.07. The maximum atomic E-state index is 12.3. The van der Waals surface area contributed by atoms with Gasteiger partial charge >= 0.3 is 0 Å². The quantitative estimate of drug-likeness (QED) is 0.727. The highest BCUT2D eigenvalue weighted by Crippen LogP contribution is 2.17. The van der Waals surface area contributed by atoms with E-state index in [2.05, 4.69) is 17.0 Å². The van der Waals surface area contributed by atoms with E-state index in [1.807, 2.05) is 27.0 Å². The lowest BCUT2D eigenvalue weighted by atomic mass is 10.1. The van der Waals surface area contributed by atoms with E-state index >= 15 is 0 Å². The Morgan fingerprint density at radius 2 is 1.95 bits per heavy atom. The Bertz CT molecular complexity index is 544. The largest absolute Gasteiger partial charge is 0.377 e. The summed E-state index contributed by atoms with van der Waals surface area (Å²) in [7, 11) is -1.65. The van der Waals surface area contributed by atoms with Crippen molar-refractivity contribution in [2.45, 2.75) is 44.7 Å². The van der Waals surface area contributed by atoms with Gasteiger partial charge in [0.05, 0.1) is 11.0 Å². The highest BCUT2D eigenvalue weighted by molar-refractivity contribution is 7.89. The predicted molar refractivity (Wildman–Crippen MR) is 84.9 cm³/mol. The average Bonchev–Trinajstić information content (AvgIpc) is 2.46. The number of benzene rings is 1. The summed E-state index contributed by atoms with van der Waals surface area (Å²) in [4.78, 5) is 0.300. The van der Waals surface area contributed by atoms with Gasteiger partial charge in [0.15, 0.2) is 0 Å². The van der Waals surface area contributed by atoms with E-state index in [4.69, 9.17) is 4.74 Å². The maximum absolute atomic E-state index is 12.3. The predicted octanol–water partition coefficient (Wildman–Crippen LogP) is 1.67. The van der Waals surface area contributed by atoms with Crippen LogP contribution in [-0.2, 0) is 27.7 Å². The topological polar surface area (TPSA) is 67.4 Å². The Morgan fingerprint density at radius 1 is 1.24 bits per heavy atom. The van der Waals surface area contributed by atoms with Crippen molar-refractivity contribution >= 4 is 10.0 Å². The number of ether oxygens (including phenoxy) is 1. The number of hydrogen-bond acceptors (Lipinski definition) is 4. The smallest absolute Gasteiger partial charge is 0.240 e. The monoisotopic (exact) mass is 314 g/mol. The first-order valence-electron chi connectivity index (χ1n) is 7.32. The SMILES string of the molecule is CCOC(C)CNS(=O)(=O)c1ccc(CC)c(CNC)c1. The Labute approximate surface area is 128 Å². The standard InChI is InChI=1S/C15H26N2O3S/c1-5-13-7-8-15(9-14(13)11-16-4)21(18,19)17-10-12(3)20-6-2/h7-9,12,16-17H,5-6,10-11H2,1-4H3. The first-order valence-corrected chi connectivity index (χ1v) is 8.80. The van der Waals surface area contributed by atoms with Crippen molar-refractivity contribution in [1.82, 2.24) is 10.0 Å². The molecule has 0 amide bonds. The van der Waals surface area contributed by atoms with Gasteiger partial charge in [-0.25, -0.2) is 13.1 Å². The molecule has 0 aliphatic rings. The lowest BCUT2D eigenvalue weighted by Crippen LogP contribution is -2.32. The van der Waals surface area contributed by atoms with Crippen LogP contribution in [0.1, 0.15) is 31.9 Å². The number of sulfonamides is 1. The first kappa shape index (κ1) is 18.1. The van der Waals surface area contributed by atoms with Gasteiger partial charge in [-0.2, -0.15) is 0 Å². The summed E-state index contributed by atoms with van der Waals surface area (Å²) in [5.41, 5.74) is 2.17. The molecule has 0 aromatic heterocycles. The Hall–Kier alpha value is -0.950. The van der Waals surface area contributed by atoms with Crippen molar-refractivity contribution in [3.8, 4) is 0 Å². The third-order valence-electron chi connectivity index (χ3n) is 3.25. The van der Waals surface area contributed by atoms with Crippen molar-refractivity contribution in [3.63, 3.8) is 0 Å². The van der Waals surface area contributed by atoms with Crippen LogP contribution < -0.4 is 10.0 Å². The van der Waals surface area contributed by atoms with Crippen LogP contribution in [-0.4, -0.2) is 34.7 Å². The molecule has 0 fully saturated rings. The summed E-state index contributed by atoms with van der Waals surface area (Å²) in [6.45, 7) is 7.29. The normalized spacial score (nSPS) is 13.3. The van der Waals surface area contributed by atoms with Crippen LogP contribution in [0.25, 0.3) is 0 Å². The lowest BCUT2D eigenvalue weighted by molar-refractivity contribution is 0.0799. The van der Waals surface area contributed by atoms with Crippen molar-refractivity contribution in [1.29, 1.82) is 0 Å². The van der Waals surface area contributed by atoms with Gasteiger partial charge in [-0.3, -0.25) is 0 Å². The lowest BCUT2D eigenvalue weighted by Gasteiger charge is -2.14. The second kappa shape index (κ2) is 8.48. The van der Waals surface area contributed by atoms with Crippen molar-refractivity contribution in [2.75, 3.05) is 20.2 Å². The van der Waals surface area contributed by atoms with Crippen molar-refractivity contribution in [3.05, 3.63) is 29.3 Å². The molecule has 2 N–H and O–H groups in total. The molecule has 0 saturated carbocycles. The van der Waals surface area contributed by atoms with Gasteiger partial charge in [-0.05, 0) is 50.6 Å². The average molecular weight is 314 g/mol. The molecule has 6 heteroatoms. The van der Waals surface area contributed by atoms with Crippen LogP contribution in [0.5, 0.6) is 0 Å². The minimum absolute atomic E-state index is 0.142. The molecule has 0 bridgehead atoms. The Balaban J connectivity index is 2.90. The third kappa shape index (κ3) is 5.39. The van der Waals surface area contributed by atoms with Crippen LogP contribution in [0, 0.1) is 0 Å². The molecule has 0 aliphatic carbocycles. The van der Waals surface area contributed by atoms with Crippen LogP contribution in [0.2, 0.25) is 0 Å². The van der Waals surface area contributed by atoms with E-state index in [0.717, 1.165) is 17.5 Å². The highest BCUT2D eigenvalue weighted by atomic mass is 32.2. The van der Waals surface area contributed by atoms with E-state index in [0.29, 0.717) is 18.0 Å². The second-order valence-electron chi connectivity index (χ2n) is 4.93. The fraction of sp³-hybridized carbons (Fsp3) is 0.600. The molecule has 0 saturated heterocycles.